The van der Waals surface area contributed by atoms with Gasteiger partial charge in [-0.05, 0) is 36.5 Å². The van der Waals surface area contributed by atoms with Crippen LogP contribution in [-0.4, -0.2) is 31.3 Å². The first-order valence-electron chi connectivity index (χ1n) is 7.20. The number of ether oxygens (including phenoxy) is 1. The first-order valence-corrected chi connectivity index (χ1v) is 7.20. The Morgan fingerprint density at radius 3 is 2.90 bits per heavy atom. The average Bonchev–Trinajstić information content (AvgIpc) is 2.49. The molecule has 0 saturated carbocycles. The Kier molecular flexibility index (Phi) is 7.73. The van der Waals surface area contributed by atoms with Crippen LogP contribution in [0.15, 0.2) is 24.3 Å². The summed E-state index contributed by atoms with van der Waals surface area (Å²) >= 11 is 0. The van der Waals surface area contributed by atoms with Crippen molar-refractivity contribution in [1.29, 1.82) is 0 Å². The third-order valence-corrected chi connectivity index (χ3v) is 3.48. The summed E-state index contributed by atoms with van der Waals surface area (Å²) in [5.41, 5.74) is 1.10. The van der Waals surface area contributed by atoms with E-state index < -0.39 is 0 Å². The smallest absolute Gasteiger partial charge is 0.220 e. The number of rotatable bonds is 9. The molecule has 0 aliphatic rings. The molecule has 4 nitrogen and oxygen atoms in total. The normalized spacial score (nSPS) is 11.9. The average molecular weight is 279 g/mol. The molecule has 0 aliphatic carbocycles. The van der Waals surface area contributed by atoms with Crippen molar-refractivity contribution in [3.8, 4) is 5.75 Å². The van der Waals surface area contributed by atoms with Crippen LogP contribution in [-0.2, 0) is 11.2 Å². The summed E-state index contributed by atoms with van der Waals surface area (Å²) in [5.74, 6) is 1.24. The minimum Gasteiger partial charge on any atom is -0.497 e. The van der Waals surface area contributed by atoms with Gasteiger partial charge >= 0.3 is 0 Å². The van der Waals surface area contributed by atoms with Gasteiger partial charge in [-0.2, -0.15) is 0 Å². The number of hydrogen-bond donors (Lipinski definition) is 2. The topological polar surface area (TPSA) is 58.6 Å². The van der Waals surface area contributed by atoms with Gasteiger partial charge in [-0.25, -0.2) is 0 Å². The largest absolute Gasteiger partial charge is 0.497 e. The molecule has 0 aliphatic heterocycles. The van der Waals surface area contributed by atoms with Crippen molar-refractivity contribution in [2.45, 2.75) is 32.6 Å². The third kappa shape index (κ3) is 6.06. The second-order valence-electron chi connectivity index (χ2n) is 4.94. The lowest BCUT2D eigenvalue weighted by Crippen LogP contribution is -2.29. The van der Waals surface area contributed by atoms with Crippen molar-refractivity contribution in [1.82, 2.24) is 5.32 Å². The zero-order valence-electron chi connectivity index (χ0n) is 12.4. The fraction of sp³-hybridized carbons (Fsp3) is 0.562. The van der Waals surface area contributed by atoms with Gasteiger partial charge < -0.3 is 15.2 Å². The molecule has 1 aromatic rings. The predicted octanol–water partition coefficient (Wildman–Crippen LogP) is 2.15. The first-order chi connectivity index (χ1) is 9.69. The summed E-state index contributed by atoms with van der Waals surface area (Å²) in [6, 6.07) is 7.77. The lowest BCUT2D eigenvalue weighted by molar-refractivity contribution is -0.121. The van der Waals surface area contributed by atoms with Crippen LogP contribution in [0.25, 0.3) is 0 Å². The van der Waals surface area contributed by atoms with Gasteiger partial charge in [0.25, 0.3) is 0 Å². The summed E-state index contributed by atoms with van der Waals surface area (Å²) in [6.07, 6.45) is 2.89. The zero-order valence-corrected chi connectivity index (χ0v) is 12.4. The quantitative estimate of drug-likeness (QED) is 0.728. The fourth-order valence-electron chi connectivity index (χ4n) is 2.07. The van der Waals surface area contributed by atoms with Gasteiger partial charge in [0.15, 0.2) is 0 Å². The Morgan fingerprint density at radius 2 is 2.25 bits per heavy atom. The van der Waals surface area contributed by atoms with Crippen molar-refractivity contribution in [2.24, 2.45) is 5.92 Å². The van der Waals surface area contributed by atoms with E-state index in [1.165, 1.54) is 0 Å². The van der Waals surface area contributed by atoms with Crippen LogP contribution in [0.4, 0.5) is 0 Å². The maximum atomic E-state index is 11.8. The van der Waals surface area contributed by atoms with Gasteiger partial charge in [0.2, 0.25) is 5.91 Å². The molecule has 1 atom stereocenters. The minimum absolute atomic E-state index is 0.0595. The fourth-order valence-corrected chi connectivity index (χ4v) is 2.07. The van der Waals surface area contributed by atoms with Crippen molar-refractivity contribution in [3.05, 3.63) is 29.8 Å². The number of hydrogen-bond acceptors (Lipinski definition) is 3. The molecule has 1 rings (SSSR count). The van der Waals surface area contributed by atoms with Crippen LogP contribution in [0.3, 0.4) is 0 Å². The summed E-state index contributed by atoms with van der Waals surface area (Å²) in [4.78, 5) is 11.8. The van der Waals surface area contributed by atoms with Crippen LogP contribution in [0.2, 0.25) is 0 Å². The maximum Gasteiger partial charge on any atom is 0.220 e. The Labute approximate surface area is 121 Å². The molecule has 0 bridgehead atoms. The van der Waals surface area contributed by atoms with Gasteiger partial charge in [-0.3, -0.25) is 4.79 Å². The Balaban J connectivity index is 2.32. The molecule has 1 unspecified atom stereocenters. The summed E-state index contributed by atoms with van der Waals surface area (Å²) in [5, 5.41) is 11.8. The molecule has 0 saturated heterocycles. The molecule has 4 heteroatoms. The molecular formula is C16H25NO3. The van der Waals surface area contributed by atoms with Gasteiger partial charge in [-0.15, -0.1) is 0 Å². The predicted molar refractivity (Wildman–Crippen MR) is 79.8 cm³/mol. The lowest BCUT2D eigenvalue weighted by Gasteiger charge is -2.14. The molecular weight excluding hydrogens is 254 g/mol. The van der Waals surface area contributed by atoms with Crippen molar-refractivity contribution in [3.63, 3.8) is 0 Å². The van der Waals surface area contributed by atoms with Crippen LogP contribution in [0.5, 0.6) is 5.75 Å². The van der Waals surface area contributed by atoms with E-state index in [2.05, 4.69) is 12.2 Å². The zero-order chi connectivity index (χ0) is 14.8. The van der Waals surface area contributed by atoms with Crippen molar-refractivity contribution >= 4 is 5.91 Å². The monoisotopic (exact) mass is 279 g/mol. The SMILES string of the molecule is CCC(CCO)CNC(=O)CCc1cccc(OC)c1. The van der Waals surface area contributed by atoms with Gasteiger partial charge in [0.1, 0.15) is 5.75 Å². The summed E-state index contributed by atoms with van der Waals surface area (Å²) in [7, 11) is 1.64. The van der Waals surface area contributed by atoms with Crippen molar-refractivity contribution in [2.75, 3.05) is 20.3 Å². The molecule has 2 N–H and O–H groups in total. The maximum absolute atomic E-state index is 11.8. The molecule has 1 aromatic carbocycles. The highest BCUT2D eigenvalue weighted by Gasteiger charge is 2.08. The minimum atomic E-state index is 0.0595. The van der Waals surface area contributed by atoms with Crippen LogP contribution in [0, 0.1) is 5.92 Å². The van der Waals surface area contributed by atoms with E-state index in [0.29, 0.717) is 25.3 Å². The molecule has 20 heavy (non-hydrogen) atoms. The van der Waals surface area contributed by atoms with Gasteiger partial charge in [-0.1, -0.05) is 25.5 Å². The van der Waals surface area contributed by atoms with Crippen LogP contribution in [0.1, 0.15) is 31.7 Å². The van der Waals surface area contributed by atoms with E-state index in [9.17, 15) is 4.79 Å². The van der Waals surface area contributed by atoms with Crippen molar-refractivity contribution < 1.29 is 14.6 Å². The molecule has 0 spiro atoms. The number of methoxy groups -OCH3 is 1. The molecule has 0 heterocycles. The van der Waals surface area contributed by atoms with Crippen LogP contribution < -0.4 is 10.1 Å². The Hall–Kier alpha value is -1.55. The van der Waals surface area contributed by atoms with Gasteiger partial charge in [0, 0.05) is 19.6 Å². The number of nitrogens with one attached hydrogen (secondary N) is 1. The highest BCUT2D eigenvalue weighted by Crippen LogP contribution is 2.14. The van der Waals surface area contributed by atoms with E-state index in [1.54, 1.807) is 7.11 Å². The molecule has 1 amide bonds. The Morgan fingerprint density at radius 1 is 1.45 bits per heavy atom. The molecule has 112 valence electrons. The molecule has 0 aromatic heterocycles. The van der Waals surface area contributed by atoms with E-state index in [1.807, 2.05) is 24.3 Å². The highest BCUT2D eigenvalue weighted by molar-refractivity contribution is 5.76. The van der Waals surface area contributed by atoms with E-state index in [-0.39, 0.29) is 12.5 Å². The summed E-state index contributed by atoms with van der Waals surface area (Å²) < 4.78 is 5.16. The van der Waals surface area contributed by atoms with E-state index in [0.717, 1.165) is 24.2 Å². The number of amides is 1. The summed E-state index contributed by atoms with van der Waals surface area (Å²) in [6.45, 7) is 2.90. The number of benzene rings is 1. The molecule has 0 fully saturated rings. The number of aryl methyl sites for hydroxylation is 1. The first kappa shape index (κ1) is 16.5. The second kappa shape index (κ2) is 9.37. The Bertz CT molecular complexity index is 406. The van der Waals surface area contributed by atoms with E-state index in [4.69, 9.17) is 9.84 Å². The third-order valence-electron chi connectivity index (χ3n) is 3.48. The van der Waals surface area contributed by atoms with Gasteiger partial charge in [0.05, 0.1) is 7.11 Å². The lowest BCUT2D eigenvalue weighted by atomic mass is 10.0. The number of carbonyl (C=O) groups excluding carboxylic acids is 1. The number of aliphatic hydroxyl groups is 1. The highest BCUT2D eigenvalue weighted by atomic mass is 16.5. The number of aliphatic hydroxyl groups excluding tert-OH is 1. The second-order valence-corrected chi connectivity index (χ2v) is 4.94. The standard InChI is InChI=1S/C16H25NO3/c1-3-13(9-10-18)12-17-16(19)8-7-14-5-4-6-15(11-14)20-2/h4-6,11,13,18H,3,7-10,12H2,1-2H3,(H,17,19). The van der Waals surface area contributed by atoms with E-state index >= 15 is 0 Å². The molecule has 0 radical (unpaired) electrons. The van der Waals surface area contributed by atoms with Crippen LogP contribution >= 0.6 is 0 Å². The number of carbonyl (C=O) groups is 1.